The smallest absolute Gasteiger partial charge is 0.412 e. The van der Waals surface area contributed by atoms with Gasteiger partial charge in [-0.2, -0.15) is 0 Å². The predicted octanol–water partition coefficient (Wildman–Crippen LogP) is 6.85. The van der Waals surface area contributed by atoms with Gasteiger partial charge in [0.2, 0.25) is 22.1 Å². The van der Waals surface area contributed by atoms with Gasteiger partial charge in [0.05, 0.1) is 12.8 Å². The Morgan fingerprint density at radius 3 is 1.73 bits per heavy atom. The lowest BCUT2D eigenvalue weighted by molar-refractivity contribution is -0.116. The van der Waals surface area contributed by atoms with E-state index >= 15 is 0 Å². The number of nitrogens with zero attached hydrogens (tertiary/aromatic N) is 4. The summed E-state index contributed by atoms with van der Waals surface area (Å²) in [5.41, 5.74) is 2.90. The van der Waals surface area contributed by atoms with Gasteiger partial charge in [-0.05, 0) is 70.2 Å². The second kappa shape index (κ2) is 14.2. The van der Waals surface area contributed by atoms with Crippen LogP contribution in [0.15, 0.2) is 48.5 Å². The quantitative estimate of drug-likeness (QED) is 0.179. The Morgan fingerprint density at radius 2 is 1.24 bits per heavy atom. The van der Waals surface area contributed by atoms with Gasteiger partial charge >= 0.3 is 6.09 Å². The largest absolute Gasteiger partial charge is 0.444 e. The summed E-state index contributed by atoms with van der Waals surface area (Å²) >= 11 is 2.83. The number of ether oxygens (including phenoxy) is 1. The van der Waals surface area contributed by atoms with E-state index in [9.17, 15) is 14.4 Å². The highest BCUT2D eigenvalue weighted by Gasteiger charge is 2.29. The second-order valence-corrected chi connectivity index (χ2v) is 14.2. The van der Waals surface area contributed by atoms with E-state index in [1.807, 2.05) is 31.2 Å². The van der Waals surface area contributed by atoms with Crippen molar-refractivity contribution in [2.45, 2.75) is 83.7 Å². The van der Waals surface area contributed by atoms with Gasteiger partial charge in [0.25, 0.3) is 0 Å². The fourth-order valence-electron chi connectivity index (χ4n) is 5.07. The van der Waals surface area contributed by atoms with Gasteiger partial charge in [-0.15, -0.1) is 20.4 Å². The van der Waals surface area contributed by atoms with Crippen LogP contribution in [0.5, 0.6) is 0 Å². The number of hydrogen-bond acceptors (Lipinski definition) is 10. The average Bonchev–Trinajstić information content (AvgIpc) is 3.64. The molecule has 2 atom stereocenters. The Kier molecular flexibility index (Phi) is 10.2. The maximum absolute atomic E-state index is 12.7. The minimum Gasteiger partial charge on any atom is -0.444 e. The summed E-state index contributed by atoms with van der Waals surface area (Å²) < 4.78 is 5.26. The highest BCUT2D eigenvalue weighted by atomic mass is 32.1. The third-order valence-electron chi connectivity index (χ3n) is 7.20. The van der Waals surface area contributed by atoms with Crippen molar-refractivity contribution in [1.29, 1.82) is 0 Å². The Balaban J connectivity index is 1.10. The molecule has 0 aliphatic heterocycles. The Labute approximate surface area is 270 Å². The summed E-state index contributed by atoms with van der Waals surface area (Å²) in [7, 11) is 0. The van der Waals surface area contributed by atoms with Gasteiger partial charge in [-0.1, -0.05) is 71.1 Å². The van der Waals surface area contributed by atoms with Crippen molar-refractivity contribution in [3.05, 3.63) is 75.2 Å². The van der Waals surface area contributed by atoms with E-state index in [2.05, 4.69) is 36.3 Å². The molecule has 1 aliphatic carbocycles. The third kappa shape index (κ3) is 9.63. The summed E-state index contributed by atoms with van der Waals surface area (Å²) in [5, 5.41) is 28.5. The number of nitrogens with one attached hydrogen (secondary N) is 3. The predicted molar refractivity (Wildman–Crippen MR) is 176 cm³/mol. The molecule has 0 unspecified atom stereocenters. The molecule has 3 amide bonds. The first-order chi connectivity index (χ1) is 21.5. The van der Waals surface area contributed by atoms with Crippen LogP contribution in [-0.4, -0.2) is 43.9 Å². The lowest BCUT2D eigenvalue weighted by atomic mass is 9.82. The van der Waals surface area contributed by atoms with Crippen LogP contribution in [0.2, 0.25) is 0 Å². The van der Waals surface area contributed by atoms with E-state index in [1.54, 1.807) is 45.0 Å². The summed E-state index contributed by atoms with van der Waals surface area (Å²) in [4.78, 5) is 37.2. The second-order valence-electron chi connectivity index (χ2n) is 12.2. The third-order valence-corrected chi connectivity index (χ3v) is 9.20. The number of hydrogen-bond donors (Lipinski definition) is 3. The zero-order valence-electron chi connectivity index (χ0n) is 25.8. The highest BCUT2D eigenvalue weighted by molar-refractivity contribution is 7.15. The molecule has 2 aromatic heterocycles. The number of aromatic nitrogens is 4. The Bertz CT molecular complexity index is 1630. The first-order valence-electron chi connectivity index (χ1n) is 14.9. The lowest BCUT2D eigenvalue weighted by Gasteiger charge is -2.25. The fraction of sp³-hybridized carbons (Fsp3) is 0.406. The zero-order chi connectivity index (χ0) is 32.0. The maximum Gasteiger partial charge on any atom is 0.412 e. The van der Waals surface area contributed by atoms with Crippen LogP contribution >= 0.6 is 22.7 Å². The van der Waals surface area contributed by atoms with Gasteiger partial charge in [-0.3, -0.25) is 14.9 Å². The van der Waals surface area contributed by atoms with Crippen molar-refractivity contribution in [2.75, 3.05) is 16.0 Å². The highest BCUT2D eigenvalue weighted by Crippen LogP contribution is 2.43. The molecule has 3 N–H and O–H groups in total. The topological polar surface area (TPSA) is 148 Å². The minimum atomic E-state index is -0.586. The van der Waals surface area contributed by atoms with E-state index in [1.165, 1.54) is 22.7 Å². The molecule has 0 spiro atoms. The molecule has 0 radical (unpaired) electrons. The SMILES string of the molecule is Cc1ccc(CC(=O)Nc2nnc([C@H]3CCC[C@H](c4nnc(NC(=O)Cc5ccc(NC(=O)OC(C)(C)C)cc5)s4)C3)s2)cc1. The molecule has 0 bridgehead atoms. The molecule has 1 aliphatic rings. The fourth-order valence-corrected chi connectivity index (χ4v) is 6.88. The standard InChI is InChI=1S/C32H37N7O4S2/c1-19-8-10-20(11-9-19)16-25(40)34-29-38-36-27(44-29)22-6-5-7-23(18-22)28-37-39-30(45-28)35-26(41)17-21-12-14-24(15-13-21)33-31(42)43-32(2,3)4/h8-15,22-23H,5-7,16-18H2,1-4H3,(H,33,42)(H,34,38,40)(H,35,39,41)/t22-,23-/m0/s1. The summed E-state index contributed by atoms with van der Waals surface area (Å²) in [5.74, 6) is 0.121. The maximum atomic E-state index is 12.7. The molecule has 2 aromatic carbocycles. The molecule has 1 fully saturated rings. The van der Waals surface area contributed by atoms with Gasteiger partial charge < -0.3 is 15.4 Å². The van der Waals surface area contributed by atoms with E-state index in [4.69, 9.17) is 4.74 Å². The molecule has 13 heteroatoms. The molecule has 45 heavy (non-hydrogen) atoms. The van der Waals surface area contributed by atoms with Crippen LogP contribution in [0.1, 0.15) is 85.0 Å². The summed E-state index contributed by atoms with van der Waals surface area (Å²) in [6.07, 6.45) is 3.78. The average molecular weight is 648 g/mol. The van der Waals surface area contributed by atoms with E-state index < -0.39 is 11.7 Å². The first kappa shape index (κ1) is 32.2. The zero-order valence-corrected chi connectivity index (χ0v) is 27.4. The molecule has 4 aromatic rings. The van der Waals surface area contributed by atoms with Gasteiger partial charge in [0, 0.05) is 17.5 Å². The van der Waals surface area contributed by atoms with E-state index in [0.717, 1.165) is 52.4 Å². The van der Waals surface area contributed by atoms with Crippen molar-refractivity contribution in [2.24, 2.45) is 0 Å². The monoisotopic (exact) mass is 647 g/mol. The summed E-state index contributed by atoms with van der Waals surface area (Å²) in [6.45, 7) is 7.42. The van der Waals surface area contributed by atoms with Crippen LogP contribution in [0.3, 0.4) is 0 Å². The number of anilines is 3. The molecular formula is C32H37N7O4S2. The summed E-state index contributed by atoms with van der Waals surface area (Å²) in [6, 6.07) is 14.9. The van der Waals surface area contributed by atoms with Gasteiger partial charge in [-0.25, -0.2) is 4.79 Å². The Hall–Kier alpha value is -4.23. The van der Waals surface area contributed by atoms with E-state index in [0.29, 0.717) is 16.0 Å². The van der Waals surface area contributed by atoms with Crippen LogP contribution in [0.25, 0.3) is 0 Å². The van der Waals surface area contributed by atoms with Crippen LogP contribution in [0.4, 0.5) is 20.7 Å². The molecule has 0 saturated heterocycles. The first-order valence-corrected chi connectivity index (χ1v) is 16.5. The van der Waals surface area contributed by atoms with Crippen LogP contribution in [-0.2, 0) is 27.2 Å². The molecular weight excluding hydrogens is 611 g/mol. The molecule has 1 saturated carbocycles. The number of benzene rings is 2. The van der Waals surface area contributed by atoms with Crippen molar-refractivity contribution in [3.63, 3.8) is 0 Å². The van der Waals surface area contributed by atoms with Crippen molar-refractivity contribution in [1.82, 2.24) is 20.4 Å². The lowest BCUT2D eigenvalue weighted by Crippen LogP contribution is -2.27. The molecule has 236 valence electrons. The van der Waals surface area contributed by atoms with Crippen LogP contribution < -0.4 is 16.0 Å². The Morgan fingerprint density at radius 1 is 0.756 bits per heavy atom. The van der Waals surface area contributed by atoms with Crippen molar-refractivity contribution >= 4 is 56.5 Å². The normalized spacial score (nSPS) is 16.5. The van der Waals surface area contributed by atoms with E-state index in [-0.39, 0.29) is 36.5 Å². The number of aryl methyl sites for hydroxylation is 1. The van der Waals surface area contributed by atoms with Crippen molar-refractivity contribution in [3.8, 4) is 0 Å². The minimum absolute atomic E-state index is 0.112. The van der Waals surface area contributed by atoms with Gasteiger partial charge in [0.1, 0.15) is 15.6 Å². The number of rotatable bonds is 9. The number of carbonyl (C=O) groups is 3. The molecule has 5 rings (SSSR count). The molecule has 11 nitrogen and oxygen atoms in total. The van der Waals surface area contributed by atoms with Crippen LogP contribution in [0, 0.1) is 6.92 Å². The molecule has 2 heterocycles. The number of amides is 3. The van der Waals surface area contributed by atoms with Gasteiger partial charge in [0.15, 0.2) is 0 Å². The number of carbonyl (C=O) groups excluding carboxylic acids is 3. The van der Waals surface area contributed by atoms with Crippen molar-refractivity contribution < 1.29 is 19.1 Å².